The van der Waals surface area contributed by atoms with Crippen molar-refractivity contribution in [3.05, 3.63) is 54.1 Å². The molecule has 0 spiro atoms. The number of nitrogens with one attached hydrogen (secondary N) is 1. The lowest BCUT2D eigenvalue weighted by molar-refractivity contribution is -0.115. The second-order valence-electron chi connectivity index (χ2n) is 6.69. The maximum atomic E-state index is 11.8. The Morgan fingerprint density at radius 3 is 2.47 bits per heavy atom. The molecule has 7 nitrogen and oxygen atoms in total. The summed E-state index contributed by atoms with van der Waals surface area (Å²) in [7, 11) is 0. The van der Waals surface area contributed by atoms with Gasteiger partial charge in [-0.3, -0.25) is 4.79 Å². The lowest BCUT2D eigenvalue weighted by atomic mass is 10.1. The fourth-order valence-electron chi connectivity index (χ4n) is 2.69. The quantitative estimate of drug-likeness (QED) is 0.407. The van der Waals surface area contributed by atoms with Crippen LogP contribution < -0.4 is 10.1 Å². The van der Waals surface area contributed by atoms with Gasteiger partial charge in [-0.15, -0.1) is 16.7 Å². The smallest absolute Gasteiger partial charge is 0.336 e. The summed E-state index contributed by atoms with van der Waals surface area (Å²) < 4.78 is 12.7. The van der Waals surface area contributed by atoms with Crippen LogP contribution in [0.25, 0.3) is 17.1 Å². The zero-order valence-corrected chi connectivity index (χ0v) is 18.0. The van der Waals surface area contributed by atoms with Gasteiger partial charge in [-0.1, -0.05) is 29.8 Å². The van der Waals surface area contributed by atoms with Crippen LogP contribution >= 0.6 is 11.6 Å². The van der Waals surface area contributed by atoms with E-state index in [2.05, 4.69) is 15.4 Å². The Balaban J connectivity index is 1.88. The molecule has 0 radical (unpaired) electrons. The molecule has 0 saturated carbocycles. The van der Waals surface area contributed by atoms with Gasteiger partial charge in [0.1, 0.15) is 12.0 Å². The van der Waals surface area contributed by atoms with E-state index in [9.17, 15) is 4.79 Å². The molecule has 158 valence electrons. The van der Waals surface area contributed by atoms with E-state index >= 15 is 0 Å². The predicted octanol–water partition coefficient (Wildman–Crippen LogP) is 4.22. The Morgan fingerprint density at radius 1 is 1.13 bits per heavy atom. The van der Waals surface area contributed by atoms with E-state index in [0.717, 1.165) is 16.8 Å². The molecule has 1 amide bonds. The highest BCUT2D eigenvalue weighted by Gasteiger charge is 2.15. The van der Waals surface area contributed by atoms with Crippen LogP contribution in [0.1, 0.15) is 19.4 Å². The maximum absolute atomic E-state index is 11.8. The number of benzene rings is 2. The number of nitrogens with zero attached hydrogens (tertiary/aromatic N) is 3. The van der Waals surface area contributed by atoms with Gasteiger partial charge in [0.2, 0.25) is 5.91 Å². The zero-order valence-electron chi connectivity index (χ0n) is 17.3. The molecular formula is C22H25ClN4O3. The summed E-state index contributed by atoms with van der Waals surface area (Å²) >= 11 is 5.81. The van der Waals surface area contributed by atoms with Gasteiger partial charge >= 0.3 is 6.01 Å². The van der Waals surface area contributed by atoms with Crippen LogP contribution in [-0.2, 0) is 9.53 Å². The van der Waals surface area contributed by atoms with Crippen molar-refractivity contribution in [2.75, 3.05) is 25.1 Å². The first-order valence-electron chi connectivity index (χ1n) is 9.78. The first-order valence-corrected chi connectivity index (χ1v) is 10.2. The van der Waals surface area contributed by atoms with E-state index in [0.29, 0.717) is 31.3 Å². The van der Waals surface area contributed by atoms with Gasteiger partial charge in [-0.05, 0) is 45.0 Å². The SMILES string of the molecule is CCOCCOc1nc(-c2ccc(C)cc2)n(-c2ccc(NC(=O)C(C)Cl)cc2)n1. The minimum absolute atomic E-state index is 0.254. The zero-order chi connectivity index (χ0) is 21.5. The Morgan fingerprint density at radius 2 is 1.83 bits per heavy atom. The summed E-state index contributed by atoms with van der Waals surface area (Å²) in [4.78, 5) is 16.4. The van der Waals surface area contributed by atoms with Crippen molar-refractivity contribution in [3.8, 4) is 23.1 Å². The first-order chi connectivity index (χ1) is 14.5. The molecule has 30 heavy (non-hydrogen) atoms. The Labute approximate surface area is 181 Å². The minimum Gasteiger partial charge on any atom is -0.460 e. The van der Waals surface area contributed by atoms with E-state index in [1.54, 1.807) is 23.7 Å². The molecule has 8 heteroatoms. The van der Waals surface area contributed by atoms with Gasteiger partial charge < -0.3 is 14.8 Å². The highest BCUT2D eigenvalue weighted by molar-refractivity contribution is 6.32. The van der Waals surface area contributed by atoms with Crippen LogP contribution in [0.3, 0.4) is 0 Å². The van der Waals surface area contributed by atoms with Crippen molar-refractivity contribution in [1.29, 1.82) is 0 Å². The second kappa shape index (κ2) is 10.2. The largest absolute Gasteiger partial charge is 0.460 e. The molecule has 1 aromatic heterocycles. The van der Waals surface area contributed by atoms with Crippen LogP contribution in [0, 0.1) is 6.92 Å². The molecule has 0 aliphatic heterocycles. The number of carbonyl (C=O) groups is 1. The third kappa shape index (κ3) is 5.58. The summed E-state index contributed by atoms with van der Waals surface area (Å²) in [5.41, 5.74) is 3.52. The van der Waals surface area contributed by atoms with Gasteiger partial charge in [-0.25, -0.2) is 4.68 Å². The third-order valence-corrected chi connectivity index (χ3v) is 4.50. The fraction of sp³-hybridized carbons (Fsp3) is 0.318. The lowest BCUT2D eigenvalue weighted by Gasteiger charge is -2.09. The number of halogens is 1. The van der Waals surface area contributed by atoms with Crippen LogP contribution in [-0.4, -0.2) is 45.9 Å². The number of anilines is 1. The minimum atomic E-state index is -0.607. The van der Waals surface area contributed by atoms with Crippen molar-refractivity contribution in [1.82, 2.24) is 14.8 Å². The van der Waals surface area contributed by atoms with Gasteiger partial charge in [0, 0.05) is 17.9 Å². The highest BCUT2D eigenvalue weighted by atomic mass is 35.5. The normalized spacial score (nSPS) is 11.9. The number of hydrogen-bond donors (Lipinski definition) is 1. The summed E-state index contributed by atoms with van der Waals surface area (Å²) in [5.74, 6) is 0.406. The third-order valence-electron chi connectivity index (χ3n) is 4.30. The number of aromatic nitrogens is 3. The molecule has 0 fully saturated rings. The van der Waals surface area contributed by atoms with Gasteiger partial charge in [-0.2, -0.15) is 4.98 Å². The van der Waals surface area contributed by atoms with Gasteiger partial charge in [0.15, 0.2) is 5.82 Å². The van der Waals surface area contributed by atoms with Crippen LogP contribution in [0.15, 0.2) is 48.5 Å². The molecule has 3 aromatic rings. The number of ether oxygens (including phenoxy) is 2. The van der Waals surface area contributed by atoms with E-state index in [1.807, 2.05) is 50.2 Å². The topological polar surface area (TPSA) is 78.3 Å². The predicted molar refractivity (Wildman–Crippen MR) is 117 cm³/mol. The second-order valence-corrected chi connectivity index (χ2v) is 7.35. The summed E-state index contributed by atoms with van der Waals surface area (Å²) in [5, 5.41) is 6.67. The molecular weight excluding hydrogens is 404 g/mol. The average molecular weight is 429 g/mol. The van der Waals surface area contributed by atoms with Crippen molar-refractivity contribution < 1.29 is 14.3 Å². The highest BCUT2D eigenvalue weighted by Crippen LogP contribution is 2.25. The first kappa shape index (κ1) is 21.8. The van der Waals surface area contributed by atoms with Crippen molar-refractivity contribution >= 4 is 23.2 Å². The van der Waals surface area contributed by atoms with E-state index in [4.69, 9.17) is 21.1 Å². The Hall–Kier alpha value is -2.90. The Bertz CT molecular complexity index is 969. The number of carbonyl (C=O) groups excluding carboxylic acids is 1. The molecule has 2 aromatic carbocycles. The number of alkyl halides is 1. The molecule has 1 atom stereocenters. The van der Waals surface area contributed by atoms with Gasteiger partial charge in [0.25, 0.3) is 0 Å². The molecule has 0 bridgehead atoms. The van der Waals surface area contributed by atoms with Crippen molar-refractivity contribution in [2.45, 2.75) is 26.1 Å². The van der Waals surface area contributed by atoms with Crippen molar-refractivity contribution in [2.24, 2.45) is 0 Å². The average Bonchev–Trinajstić information content (AvgIpc) is 3.16. The number of hydrogen-bond acceptors (Lipinski definition) is 5. The van der Waals surface area contributed by atoms with E-state index in [1.165, 1.54) is 0 Å². The van der Waals surface area contributed by atoms with Gasteiger partial charge in [0.05, 0.1) is 12.3 Å². The lowest BCUT2D eigenvalue weighted by Crippen LogP contribution is -2.20. The molecule has 0 aliphatic carbocycles. The molecule has 1 N–H and O–H groups in total. The Kier molecular flexibility index (Phi) is 7.43. The standard InChI is InChI=1S/C22H25ClN4O3/c1-4-29-13-14-30-22-25-20(17-7-5-15(2)6-8-17)27(26-22)19-11-9-18(10-12-19)24-21(28)16(3)23/h5-12,16H,4,13-14H2,1-3H3,(H,24,28). The van der Waals surface area contributed by atoms with E-state index in [-0.39, 0.29) is 11.9 Å². The molecule has 1 unspecified atom stereocenters. The molecule has 0 saturated heterocycles. The maximum Gasteiger partial charge on any atom is 0.336 e. The summed E-state index contributed by atoms with van der Waals surface area (Å²) in [6.07, 6.45) is 0. The van der Waals surface area contributed by atoms with Crippen LogP contribution in [0.5, 0.6) is 6.01 Å². The molecule has 1 heterocycles. The van der Waals surface area contributed by atoms with Crippen LogP contribution in [0.4, 0.5) is 5.69 Å². The van der Waals surface area contributed by atoms with Crippen molar-refractivity contribution in [3.63, 3.8) is 0 Å². The monoisotopic (exact) mass is 428 g/mol. The van der Waals surface area contributed by atoms with E-state index < -0.39 is 5.38 Å². The summed E-state index contributed by atoms with van der Waals surface area (Å²) in [6.45, 7) is 7.06. The molecule has 3 rings (SSSR count). The fourth-order valence-corrected chi connectivity index (χ4v) is 2.74. The number of amides is 1. The van der Waals surface area contributed by atoms with Crippen LogP contribution in [0.2, 0.25) is 0 Å². The number of rotatable bonds is 9. The number of aryl methyl sites for hydroxylation is 1. The molecule has 0 aliphatic rings. The summed E-state index contributed by atoms with van der Waals surface area (Å²) in [6, 6.07) is 15.6.